The SMILES string of the molecule is CN(C(=O)c1ccccc1F)c1ccccc1C(=O)O. The van der Waals surface area contributed by atoms with Crippen LogP contribution in [0.25, 0.3) is 0 Å². The van der Waals surface area contributed by atoms with Crippen molar-refractivity contribution < 1.29 is 19.1 Å². The van der Waals surface area contributed by atoms with Gasteiger partial charge in [-0.25, -0.2) is 9.18 Å². The molecule has 0 fully saturated rings. The van der Waals surface area contributed by atoms with E-state index in [4.69, 9.17) is 5.11 Å². The summed E-state index contributed by atoms with van der Waals surface area (Å²) in [7, 11) is 1.41. The Morgan fingerprint density at radius 1 is 1.00 bits per heavy atom. The van der Waals surface area contributed by atoms with Crippen LogP contribution in [-0.2, 0) is 0 Å². The van der Waals surface area contributed by atoms with Crippen LogP contribution in [0.4, 0.5) is 10.1 Å². The van der Waals surface area contributed by atoms with Crippen LogP contribution in [0.15, 0.2) is 48.5 Å². The van der Waals surface area contributed by atoms with Gasteiger partial charge in [0.25, 0.3) is 5.91 Å². The molecule has 0 spiro atoms. The summed E-state index contributed by atoms with van der Waals surface area (Å²) in [6.07, 6.45) is 0. The van der Waals surface area contributed by atoms with Gasteiger partial charge in [-0.05, 0) is 24.3 Å². The second-order valence-electron chi connectivity index (χ2n) is 4.17. The fraction of sp³-hybridized carbons (Fsp3) is 0.0667. The molecule has 0 unspecified atom stereocenters. The third-order valence-corrected chi connectivity index (χ3v) is 2.90. The fourth-order valence-corrected chi connectivity index (χ4v) is 1.87. The number of rotatable bonds is 3. The highest BCUT2D eigenvalue weighted by atomic mass is 19.1. The molecule has 1 amide bonds. The highest BCUT2D eigenvalue weighted by Gasteiger charge is 2.21. The molecule has 0 atom stereocenters. The van der Waals surface area contributed by atoms with Crippen molar-refractivity contribution in [1.82, 2.24) is 0 Å². The van der Waals surface area contributed by atoms with E-state index in [1.807, 2.05) is 0 Å². The third kappa shape index (κ3) is 2.51. The maximum Gasteiger partial charge on any atom is 0.337 e. The first-order chi connectivity index (χ1) is 9.52. The molecule has 1 N–H and O–H groups in total. The second kappa shape index (κ2) is 5.52. The van der Waals surface area contributed by atoms with Crippen LogP contribution in [-0.4, -0.2) is 24.0 Å². The van der Waals surface area contributed by atoms with Gasteiger partial charge in [-0.15, -0.1) is 0 Å². The summed E-state index contributed by atoms with van der Waals surface area (Å²) < 4.78 is 13.6. The van der Waals surface area contributed by atoms with Crippen molar-refractivity contribution in [1.29, 1.82) is 0 Å². The van der Waals surface area contributed by atoms with Gasteiger partial charge in [0.1, 0.15) is 5.82 Å². The fourth-order valence-electron chi connectivity index (χ4n) is 1.87. The van der Waals surface area contributed by atoms with Gasteiger partial charge in [0.15, 0.2) is 0 Å². The van der Waals surface area contributed by atoms with Gasteiger partial charge in [-0.3, -0.25) is 4.79 Å². The lowest BCUT2D eigenvalue weighted by atomic mass is 10.1. The van der Waals surface area contributed by atoms with Gasteiger partial charge >= 0.3 is 5.97 Å². The Morgan fingerprint density at radius 3 is 2.15 bits per heavy atom. The molecule has 0 radical (unpaired) electrons. The summed E-state index contributed by atoms with van der Waals surface area (Å²) in [6.45, 7) is 0. The molecule has 5 heteroatoms. The van der Waals surface area contributed by atoms with Crippen LogP contribution in [0.3, 0.4) is 0 Å². The van der Waals surface area contributed by atoms with Gasteiger partial charge < -0.3 is 10.0 Å². The number of halogens is 1. The van der Waals surface area contributed by atoms with E-state index in [1.165, 1.54) is 37.4 Å². The van der Waals surface area contributed by atoms with E-state index >= 15 is 0 Å². The summed E-state index contributed by atoms with van der Waals surface area (Å²) in [6, 6.07) is 11.7. The average Bonchev–Trinajstić information content (AvgIpc) is 2.46. The Hall–Kier alpha value is -2.69. The Labute approximate surface area is 115 Å². The molecular weight excluding hydrogens is 261 g/mol. The van der Waals surface area contributed by atoms with E-state index in [0.29, 0.717) is 0 Å². The zero-order chi connectivity index (χ0) is 14.7. The molecule has 0 bridgehead atoms. The van der Waals surface area contributed by atoms with Crippen LogP contribution < -0.4 is 4.90 Å². The van der Waals surface area contributed by atoms with Crippen molar-refractivity contribution in [2.75, 3.05) is 11.9 Å². The monoisotopic (exact) mass is 273 g/mol. The lowest BCUT2D eigenvalue weighted by Gasteiger charge is -2.19. The van der Waals surface area contributed by atoms with Gasteiger partial charge in [-0.1, -0.05) is 24.3 Å². The van der Waals surface area contributed by atoms with Crippen LogP contribution in [0.2, 0.25) is 0 Å². The number of hydrogen-bond acceptors (Lipinski definition) is 2. The molecule has 0 aliphatic rings. The van der Waals surface area contributed by atoms with Crippen molar-refractivity contribution in [2.45, 2.75) is 0 Å². The van der Waals surface area contributed by atoms with Crippen molar-refractivity contribution in [2.24, 2.45) is 0 Å². The molecular formula is C15H12FNO3. The number of anilines is 1. The summed E-state index contributed by atoms with van der Waals surface area (Å²) in [5.41, 5.74) is 0.100. The van der Waals surface area contributed by atoms with Crippen LogP contribution in [0.1, 0.15) is 20.7 Å². The number of carbonyl (C=O) groups is 2. The van der Waals surface area contributed by atoms with E-state index in [2.05, 4.69) is 0 Å². The normalized spacial score (nSPS) is 10.1. The molecule has 0 aliphatic heterocycles. The van der Waals surface area contributed by atoms with E-state index < -0.39 is 17.7 Å². The molecule has 0 heterocycles. The number of carboxylic acid groups (broad SMARTS) is 1. The summed E-state index contributed by atoms with van der Waals surface area (Å²) in [5, 5.41) is 9.11. The van der Waals surface area contributed by atoms with Crippen molar-refractivity contribution in [3.63, 3.8) is 0 Å². The number of nitrogens with zero attached hydrogens (tertiary/aromatic N) is 1. The zero-order valence-corrected chi connectivity index (χ0v) is 10.7. The van der Waals surface area contributed by atoms with Crippen LogP contribution in [0.5, 0.6) is 0 Å². The Balaban J connectivity index is 2.42. The van der Waals surface area contributed by atoms with Gasteiger partial charge in [0.05, 0.1) is 16.8 Å². The smallest absolute Gasteiger partial charge is 0.337 e. The number of amides is 1. The Morgan fingerprint density at radius 2 is 1.55 bits per heavy atom. The highest BCUT2D eigenvalue weighted by Crippen LogP contribution is 2.21. The summed E-state index contributed by atoms with van der Waals surface area (Å²) >= 11 is 0. The molecule has 0 saturated heterocycles. The van der Waals surface area contributed by atoms with Gasteiger partial charge in [-0.2, -0.15) is 0 Å². The summed E-state index contributed by atoms with van der Waals surface area (Å²) in [4.78, 5) is 24.5. The average molecular weight is 273 g/mol. The number of carboxylic acids is 1. The van der Waals surface area contributed by atoms with E-state index in [9.17, 15) is 14.0 Å². The molecule has 2 aromatic carbocycles. The topological polar surface area (TPSA) is 57.6 Å². The van der Waals surface area contributed by atoms with Crippen molar-refractivity contribution in [3.05, 3.63) is 65.5 Å². The van der Waals surface area contributed by atoms with Crippen molar-refractivity contribution in [3.8, 4) is 0 Å². The van der Waals surface area contributed by atoms with Gasteiger partial charge in [0, 0.05) is 7.05 Å². The minimum atomic E-state index is -1.14. The number of benzene rings is 2. The molecule has 2 aromatic rings. The number of aromatic carboxylic acids is 1. The molecule has 0 aliphatic carbocycles. The van der Waals surface area contributed by atoms with E-state index in [-0.39, 0.29) is 16.8 Å². The molecule has 0 aromatic heterocycles. The number of para-hydroxylation sites is 1. The minimum absolute atomic E-state index is 0.0142. The molecule has 4 nitrogen and oxygen atoms in total. The zero-order valence-electron chi connectivity index (χ0n) is 10.7. The Bertz CT molecular complexity index is 670. The quantitative estimate of drug-likeness (QED) is 0.935. The molecule has 102 valence electrons. The summed E-state index contributed by atoms with van der Waals surface area (Å²) in [5.74, 6) is -2.39. The van der Waals surface area contributed by atoms with Gasteiger partial charge in [0.2, 0.25) is 0 Å². The maximum absolute atomic E-state index is 13.6. The minimum Gasteiger partial charge on any atom is -0.478 e. The molecule has 0 saturated carbocycles. The Kier molecular flexibility index (Phi) is 3.79. The first-order valence-corrected chi connectivity index (χ1v) is 5.87. The lowest BCUT2D eigenvalue weighted by molar-refractivity contribution is 0.0697. The number of carbonyl (C=O) groups excluding carboxylic acids is 1. The largest absolute Gasteiger partial charge is 0.478 e. The molecule has 20 heavy (non-hydrogen) atoms. The predicted molar refractivity (Wildman–Crippen MR) is 72.5 cm³/mol. The molecule has 2 rings (SSSR count). The third-order valence-electron chi connectivity index (χ3n) is 2.90. The first-order valence-electron chi connectivity index (χ1n) is 5.87. The predicted octanol–water partition coefficient (Wildman–Crippen LogP) is 2.80. The van der Waals surface area contributed by atoms with E-state index in [0.717, 1.165) is 4.90 Å². The lowest BCUT2D eigenvalue weighted by Crippen LogP contribution is -2.28. The highest BCUT2D eigenvalue weighted by molar-refractivity contribution is 6.09. The van der Waals surface area contributed by atoms with Crippen LogP contribution >= 0.6 is 0 Å². The first kappa shape index (κ1) is 13.7. The standard InChI is InChI=1S/C15H12FNO3/c1-17(13-9-5-3-7-11(13)15(19)20)14(18)10-6-2-4-8-12(10)16/h2-9H,1H3,(H,19,20). The van der Waals surface area contributed by atoms with E-state index in [1.54, 1.807) is 18.2 Å². The maximum atomic E-state index is 13.6. The number of hydrogen-bond donors (Lipinski definition) is 1. The van der Waals surface area contributed by atoms with Crippen LogP contribution in [0, 0.1) is 5.82 Å². The van der Waals surface area contributed by atoms with Crippen molar-refractivity contribution >= 4 is 17.6 Å². The second-order valence-corrected chi connectivity index (χ2v) is 4.17.